The number of hydrogen-bond donors (Lipinski definition) is 1. The third-order valence-corrected chi connectivity index (χ3v) is 5.28. The van der Waals surface area contributed by atoms with Crippen LogP contribution < -0.4 is 10.5 Å². The molecule has 29 heavy (non-hydrogen) atoms. The van der Waals surface area contributed by atoms with E-state index in [0.717, 1.165) is 5.56 Å². The van der Waals surface area contributed by atoms with Crippen molar-refractivity contribution >= 4 is 34.8 Å². The minimum Gasteiger partial charge on any atom is -0.341 e. The van der Waals surface area contributed by atoms with Crippen LogP contribution in [0.15, 0.2) is 47.3 Å². The average Bonchev–Trinajstić information content (AvgIpc) is 2.68. The zero-order valence-electron chi connectivity index (χ0n) is 15.8. The third kappa shape index (κ3) is 4.75. The maximum Gasteiger partial charge on any atom is 0.269 e. The number of rotatable bonds is 6. The van der Waals surface area contributed by atoms with Crippen LogP contribution in [0, 0.1) is 17.0 Å². The minimum absolute atomic E-state index is 0.0252. The van der Waals surface area contributed by atoms with Crippen molar-refractivity contribution in [2.75, 3.05) is 11.9 Å². The zero-order valence-corrected chi connectivity index (χ0v) is 17.3. The van der Waals surface area contributed by atoms with Crippen molar-refractivity contribution in [3.8, 4) is 0 Å². The Labute approximate surface area is 177 Å². The van der Waals surface area contributed by atoms with Crippen LogP contribution in [-0.4, -0.2) is 21.9 Å². The SMILES string of the molecule is Cc1c(Cc2c(Cl)cccc2Cl)nc(N(C)Cc2ccc([N+](=O)[O-])cc2)[nH]c1=O. The fourth-order valence-electron chi connectivity index (χ4n) is 2.86. The standard InChI is InChI=1S/C20H18Cl2N4O3/c1-12-18(10-15-16(21)4-3-5-17(15)22)23-20(24-19(12)27)25(2)11-13-6-8-14(9-7-13)26(28)29/h3-9H,10-11H2,1-2H3,(H,23,24,27). The van der Waals surface area contributed by atoms with Gasteiger partial charge < -0.3 is 4.90 Å². The summed E-state index contributed by atoms with van der Waals surface area (Å²) < 4.78 is 0. The third-order valence-electron chi connectivity index (χ3n) is 4.57. The highest BCUT2D eigenvalue weighted by Crippen LogP contribution is 2.27. The Morgan fingerprint density at radius 3 is 2.34 bits per heavy atom. The molecule has 0 fully saturated rings. The molecule has 1 N–H and O–H groups in total. The van der Waals surface area contributed by atoms with Crippen LogP contribution >= 0.6 is 23.2 Å². The molecule has 7 nitrogen and oxygen atoms in total. The molecule has 0 aliphatic rings. The molecule has 0 aliphatic carbocycles. The van der Waals surface area contributed by atoms with Crippen LogP contribution in [0.5, 0.6) is 0 Å². The molecular weight excluding hydrogens is 415 g/mol. The van der Waals surface area contributed by atoms with Gasteiger partial charge in [-0.15, -0.1) is 0 Å². The Kier molecular flexibility index (Phi) is 6.20. The first-order valence-electron chi connectivity index (χ1n) is 8.73. The van der Waals surface area contributed by atoms with Gasteiger partial charge in [0, 0.05) is 47.8 Å². The zero-order chi connectivity index (χ0) is 21.1. The highest BCUT2D eigenvalue weighted by molar-refractivity contribution is 6.36. The van der Waals surface area contributed by atoms with E-state index in [0.29, 0.717) is 45.8 Å². The number of benzene rings is 2. The van der Waals surface area contributed by atoms with Crippen LogP contribution in [0.2, 0.25) is 10.0 Å². The summed E-state index contributed by atoms with van der Waals surface area (Å²) >= 11 is 12.5. The second kappa shape index (κ2) is 8.63. The molecule has 0 bridgehead atoms. The van der Waals surface area contributed by atoms with Crippen molar-refractivity contribution in [1.29, 1.82) is 0 Å². The van der Waals surface area contributed by atoms with Gasteiger partial charge in [0.25, 0.3) is 11.2 Å². The fourth-order valence-corrected chi connectivity index (χ4v) is 3.39. The van der Waals surface area contributed by atoms with Gasteiger partial charge in [0.2, 0.25) is 5.95 Å². The molecule has 2 aromatic carbocycles. The molecule has 3 rings (SSSR count). The van der Waals surface area contributed by atoms with Crippen LogP contribution in [0.25, 0.3) is 0 Å². The van der Waals surface area contributed by atoms with Crippen molar-refractivity contribution < 1.29 is 4.92 Å². The Hall–Kier alpha value is -2.90. The maximum atomic E-state index is 12.4. The number of non-ortho nitro benzene ring substituents is 1. The number of hydrogen-bond acceptors (Lipinski definition) is 5. The lowest BCUT2D eigenvalue weighted by atomic mass is 10.1. The van der Waals surface area contributed by atoms with E-state index in [1.807, 2.05) is 0 Å². The topological polar surface area (TPSA) is 92.1 Å². The largest absolute Gasteiger partial charge is 0.341 e. The molecule has 9 heteroatoms. The molecular formula is C20H18Cl2N4O3. The van der Waals surface area contributed by atoms with Gasteiger partial charge in [-0.2, -0.15) is 0 Å². The number of nitrogens with zero attached hydrogens (tertiary/aromatic N) is 3. The Balaban J connectivity index is 1.88. The second-order valence-corrected chi connectivity index (χ2v) is 7.43. The molecule has 0 spiro atoms. The summed E-state index contributed by atoms with van der Waals surface area (Å²) in [5, 5.41) is 11.8. The lowest BCUT2D eigenvalue weighted by Gasteiger charge is -2.19. The smallest absolute Gasteiger partial charge is 0.269 e. The fraction of sp³-hybridized carbons (Fsp3) is 0.200. The maximum absolute atomic E-state index is 12.4. The van der Waals surface area contributed by atoms with Crippen molar-refractivity contribution in [3.05, 3.63) is 95.4 Å². The molecule has 0 aliphatic heterocycles. The van der Waals surface area contributed by atoms with E-state index in [1.165, 1.54) is 12.1 Å². The lowest BCUT2D eigenvalue weighted by molar-refractivity contribution is -0.384. The van der Waals surface area contributed by atoms with E-state index in [4.69, 9.17) is 23.2 Å². The van der Waals surface area contributed by atoms with Crippen molar-refractivity contribution in [3.63, 3.8) is 0 Å². The predicted molar refractivity (Wildman–Crippen MR) is 114 cm³/mol. The van der Waals surface area contributed by atoms with Gasteiger partial charge in [0.05, 0.1) is 10.6 Å². The summed E-state index contributed by atoms with van der Waals surface area (Å²) in [6.07, 6.45) is 0.326. The molecule has 1 heterocycles. The number of nitro benzene ring substituents is 1. The van der Waals surface area contributed by atoms with E-state index >= 15 is 0 Å². The Morgan fingerprint density at radius 1 is 1.14 bits per heavy atom. The number of anilines is 1. The normalized spacial score (nSPS) is 10.8. The quantitative estimate of drug-likeness (QED) is 0.456. The van der Waals surface area contributed by atoms with Gasteiger partial charge >= 0.3 is 0 Å². The van der Waals surface area contributed by atoms with E-state index in [-0.39, 0.29) is 11.2 Å². The molecule has 0 atom stereocenters. The first kappa shape index (κ1) is 20.8. The highest BCUT2D eigenvalue weighted by atomic mass is 35.5. The lowest BCUT2D eigenvalue weighted by Crippen LogP contribution is -2.25. The summed E-state index contributed by atoms with van der Waals surface area (Å²) in [6, 6.07) is 11.5. The predicted octanol–water partition coefficient (Wildman–Crippen LogP) is 4.52. The summed E-state index contributed by atoms with van der Waals surface area (Å²) in [4.78, 5) is 31.9. The minimum atomic E-state index is -0.446. The van der Waals surface area contributed by atoms with Gasteiger partial charge in [-0.3, -0.25) is 19.9 Å². The van der Waals surface area contributed by atoms with Gasteiger partial charge in [-0.05, 0) is 30.2 Å². The summed E-state index contributed by atoms with van der Waals surface area (Å²) in [5.41, 5.74) is 2.40. The Bertz CT molecular complexity index is 1090. The number of halogens is 2. The Morgan fingerprint density at radius 2 is 1.76 bits per heavy atom. The van der Waals surface area contributed by atoms with Gasteiger partial charge in [-0.25, -0.2) is 4.98 Å². The molecule has 0 saturated heterocycles. The molecule has 3 aromatic rings. The number of nitro groups is 1. The first-order chi connectivity index (χ1) is 13.8. The van der Waals surface area contributed by atoms with Crippen LogP contribution in [-0.2, 0) is 13.0 Å². The van der Waals surface area contributed by atoms with Crippen LogP contribution in [0.1, 0.15) is 22.4 Å². The molecule has 0 saturated carbocycles. The van der Waals surface area contributed by atoms with Crippen LogP contribution in [0.3, 0.4) is 0 Å². The van der Waals surface area contributed by atoms with Gasteiger partial charge in [-0.1, -0.05) is 41.4 Å². The number of aromatic nitrogens is 2. The summed E-state index contributed by atoms with van der Waals surface area (Å²) in [7, 11) is 1.78. The van der Waals surface area contributed by atoms with Gasteiger partial charge in [0.1, 0.15) is 0 Å². The summed E-state index contributed by atoms with van der Waals surface area (Å²) in [5.74, 6) is 0.386. The molecule has 150 valence electrons. The van der Waals surface area contributed by atoms with Crippen LogP contribution in [0.4, 0.5) is 11.6 Å². The van der Waals surface area contributed by atoms with Crippen molar-refractivity contribution in [2.24, 2.45) is 0 Å². The number of H-pyrrole nitrogens is 1. The van der Waals surface area contributed by atoms with E-state index in [2.05, 4.69) is 9.97 Å². The number of aromatic amines is 1. The van der Waals surface area contributed by atoms with E-state index in [1.54, 1.807) is 49.2 Å². The molecule has 0 amide bonds. The highest BCUT2D eigenvalue weighted by Gasteiger charge is 2.15. The van der Waals surface area contributed by atoms with Crippen molar-refractivity contribution in [1.82, 2.24) is 9.97 Å². The number of nitrogens with one attached hydrogen (secondary N) is 1. The first-order valence-corrected chi connectivity index (χ1v) is 9.49. The van der Waals surface area contributed by atoms with E-state index < -0.39 is 4.92 Å². The monoisotopic (exact) mass is 432 g/mol. The molecule has 1 aromatic heterocycles. The van der Waals surface area contributed by atoms with Crippen molar-refractivity contribution in [2.45, 2.75) is 19.9 Å². The summed E-state index contributed by atoms with van der Waals surface area (Å²) in [6.45, 7) is 2.11. The molecule has 0 unspecified atom stereocenters. The van der Waals surface area contributed by atoms with E-state index in [9.17, 15) is 14.9 Å². The average molecular weight is 433 g/mol. The molecule has 0 radical (unpaired) electrons. The van der Waals surface area contributed by atoms with Gasteiger partial charge in [0.15, 0.2) is 0 Å². The second-order valence-electron chi connectivity index (χ2n) is 6.62.